The number of hydrogen-bond donors (Lipinski definition) is 2. The first kappa shape index (κ1) is 20.5. The molecule has 2 heterocycles. The molecule has 0 aromatic heterocycles. The third-order valence-electron chi connectivity index (χ3n) is 5.43. The highest BCUT2D eigenvalue weighted by atomic mass is 16.5. The normalized spacial score (nSPS) is 23.7. The molecule has 1 saturated heterocycles. The Balaban J connectivity index is 1.48. The largest absolute Gasteiger partial charge is 0.459 e. The van der Waals surface area contributed by atoms with E-state index in [4.69, 9.17) is 9.47 Å². The number of carbonyl (C=O) groups is 1. The third kappa shape index (κ3) is 4.37. The lowest BCUT2D eigenvalue weighted by atomic mass is 10.2. The molecular weight excluding hydrogens is 380 g/mol. The number of nitrogens with one attached hydrogen (secondary N) is 2. The minimum absolute atomic E-state index is 0.0937. The van der Waals surface area contributed by atoms with Gasteiger partial charge in [0.05, 0.1) is 17.9 Å². The predicted octanol–water partition coefficient (Wildman–Crippen LogP) is 2.68. The smallest absolute Gasteiger partial charge is 0.289 e. The standard InChI is InChI=1S/C23H30N4O3/c1-16-14-26(15-17(2)29-16)19-10-8-18(9-11-19)25-22-23(28)27(13-12-24-3)20-6-4-5-7-21(20)30-22/h4-11,16-17,22,24-25H,12-15H2,1-3H3. The van der Waals surface area contributed by atoms with Gasteiger partial charge in [-0.2, -0.15) is 0 Å². The number of likely N-dealkylation sites (N-methyl/N-ethyl adjacent to an activating group) is 1. The van der Waals surface area contributed by atoms with Crippen molar-refractivity contribution in [3.05, 3.63) is 48.5 Å². The van der Waals surface area contributed by atoms with E-state index in [0.29, 0.717) is 18.8 Å². The molecule has 4 rings (SSSR count). The van der Waals surface area contributed by atoms with Gasteiger partial charge in [-0.25, -0.2) is 0 Å². The van der Waals surface area contributed by atoms with Gasteiger partial charge >= 0.3 is 0 Å². The van der Waals surface area contributed by atoms with Crippen LogP contribution in [0.4, 0.5) is 17.1 Å². The van der Waals surface area contributed by atoms with Crippen LogP contribution in [0.25, 0.3) is 0 Å². The van der Waals surface area contributed by atoms with Crippen molar-refractivity contribution in [2.24, 2.45) is 0 Å². The number of benzene rings is 2. The van der Waals surface area contributed by atoms with Gasteiger partial charge in [-0.3, -0.25) is 4.79 Å². The number of para-hydroxylation sites is 2. The van der Waals surface area contributed by atoms with E-state index in [1.54, 1.807) is 4.90 Å². The minimum atomic E-state index is -0.758. The second-order valence-electron chi connectivity index (χ2n) is 7.91. The highest BCUT2D eigenvalue weighted by molar-refractivity contribution is 6.01. The van der Waals surface area contributed by atoms with Gasteiger partial charge in [-0.1, -0.05) is 12.1 Å². The fourth-order valence-electron chi connectivity index (χ4n) is 4.07. The molecule has 3 unspecified atom stereocenters. The number of ether oxygens (including phenoxy) is 2. The van der Waals surface area contributed by atoms with Gasteiger partial charge in [0.2, 0.25) is 6.23 Å². The summed E-state index contributed by atoms with van der Waals surface area (Å²) in [6.45, 7) is 7.24. The van der Waals surface area contributed by atoms with Crippen LogP contribution in [0.1, 0.15) is 13.8 Å². The molecule has 7 nitrogen and oxygen atoms in total. The van der Waals surface area contributed by atoms with E-state index in [9.17, 15) is 4.79 Å². The van der Waals surface area contributed by atoms with Crippen molar-refractivity contribution in [3.63, 3.8) is 0 Å². The van der Waals surface area contributed by atoms with E-state index in [0.717, 1.165) is 30.2 Å². The number of rotatable bonds is 6. The Morgan fingerprint density at radius 3 is 2.43 bits per heavy atom. The van der Waals surface area contributed by atoms with Crippen LogP contribution in [0.15, 0.2) is 48.5 Å². The molecule has 160 valence electrons. The fourth-order valence-corrected chi connectivity index (χ4v) is 4.07. The molecule has 1 amide bonds. The average molecular weight is 411 g/mol. The maximum absolute atomic E-state index is 13.1. The van der Waals surface area contributed by atoms with E-state index < -0.39 is 6.23 Å². The Bertz CT molecular complexity index is 863. The highest BCUT2D eigenvalue weighted by Crippen LogP contribution is 2.34. The molecule has 2 aromatic rings. The lowest BCUT2D eigenvalue weighted by molar-refractivity contribution is -0.125. The summed E-state index contributed by atoms with van der Waals surface area (Å²) in [5, 5.41) is 6.35. The van der Waals surface area contributed by atoms with Crippen molar-refractivity contribution in [3.8, 4) is 5.75 Å². The third-order valence-corrected chi connectivity index (χ3v) is 5.43. The predicted molar refractivity (Wildman–Crippen MR) is 119 cm³/mol. The molecule has 0 saturated carbocycles. The minimum Gasteiger partial charge on any atom is -0.459 e. The molecule has 30 heavy (non-hydrogen) atoms. The Morgan fingerprint density at radius 2 is 1.73 bits per heavy atom. The van der Waals surface area contributed by atoms with Crippen molar-refractivity contribution in [1.29, 1.82) is 0 Å². The van der Waals surface area contributed by atoms with E-state index in [1.807, 2.05) is 43.4 Å². The monoisotopic (exact) mass is 410 g/mol. The van der Waals surface area contributed by atoms with Crippen LogP contribution in [0.5, 0.6) is 5.75 Å². The average Bonchev–Trinajstić information content (AvgIpc) is 2.74. The lowest BCUT2D eigenvalue weighted by Crippen LogP contribution is -2.51. The topological polar surface area (TPSA) is 66.1 Å². The van der Waals surface area contributed by atoms with Gasteiger partial charge in [0.1, 0.15) is 5.75 Å². The van der Waals surface area contributed by atoms with Gasteiger partial charge in [0.25, 0.3) is 5.91 Å². The molecule has 2 aliphatic heterocycles. The number of carbonyl (C=O) groups excluding carboxylic acids is 1. The molecule has 7 heteroatoms. The Hall–Kier alpha value is -2.77. The number of morpholine rings is 1. The van der Waals surface area contributed by atoms with Crippen LogP contribution in [0, 0.1) is 0 Å². The summed E-state index contributed by atoms with van der Waals surface area (Å²) in [5.41, 5.74) is 2.81. The zero-order valence-electron chi connectivity index (χ0n) is 17.8. The first-order valence-corrected chi connectivity index (χ1v) is 10.5. The second-order valence-corrected chi connectivity index (χ2v) is 7.91. The number of hydrogen-bond acceptors (Lipinski definition) is 6. The molecule has 1 fully saturated rings. The summed E-state index contributed by atoms with van der Waals surface area (Å²) in [6, 6.07) is 15.8. The van der Waals surface area contributed by atoms with Crippen LogP contribution in [0.2, 0.25) is 0 Å². The molecule has 2 N–H and O–H groups in total. The van der Waals surface area contributed by atoms with Crippen molar-refractivity contribution >= 4 is 23.0 Å². The fraction of sp³-hybridized carbons (Fsp3) is 0.435. The first-order chi connectivity index (χ1) is 14.5. The zero-order chi connectivity index (χ0) is 21.1. The lowest BCUT2D eigenvalue weighted by Gasteiger charge is -2.37. The van der Waals surface area contributed by atoms with Gasteiger partial charge in [0.15, 0.2) is 0 Å². The van der Waals surface area contributed by atoms with E-state index >= 15 is 0 Å². The van der Waals surface area contributed by atoms with Crippen molar-refractivity contribution in [1.82, 2.24) is 5.32 Å². The Labute approximate surface area is 177 Å². The molecule has 0 bridgehead atoms. The molecule has 0 radical (unpaired) electrons. The second kappa shape index (κ2) is 8.93. The van der Waals surface area contributed by atoms with E-state index in [1.165, 1.54) is 0 Å². The summed E-state index contributed by atoms with van der Waals surface area (Å²) >= 11 is 0. The summed E-state index contributed by atoms with van der Waals surface area (Å²) in [4.78, 5) is 17.2. The molecule has 0 spiro atoms. The molecule has 2 aliphatic rings. The number of fused-ring (bicyclic) bond motifs is 1. The molecule has 0 aliphatic carbocycles. The zero-order valence-corrected chi connectivity index (χ0v) is 17.8. The highest BCUT2D eigenvalue weighted by Gasteiger charge is 2.34. The van der Waals surface area contributed by atoms with Crippen molar-refractivity contribution in [2.45, 2.75) is 32.3 Å². The molecule has 3 atom stereocenters. The van der Waals surface area contributed by atoms with Gasteiger partial charge < -0.3 is 29.9 Å². The SMILES string of the molecule is CNCCN1C(=O)C(Nc2ccc(N3CC(C)OC(C)C3)cc2)Oc2ccccc21. The van der Waals surface area contributed by atoms with Gasteiger partial charge in [-0.15, -0.1) is 0 Å². The summed E-state index contributed by atoms with van der Waals surface area (Å²) in [5.74, 6) is 0.613. The quantitative estimate of drug-likeness (QED) is 0.763. The van der Waals surface area contributed by atoms with Gasteiger partial charge in [0, 0.05) is 37.6 Å². The molecule has 2 aromatic carbocycles. The summed E-state index contributed by atoms with van der Waals surface area (Å²) < 4.78 is 11.8. The van der Waals surface area contributed by atoms with Crippen LogP contribution < -0.4 is 25.2 Å². The van der Waals surface area contributed by atoms with Crippen molar-refractivity contribution < 1.29 is 14.3 Å². The van der Waals surface area contributed by atoms with E-state index in [-0.39, 0.29) is 18.1 Å². The summed E-state index contributed by atoms with van der Waals surface area (Å²) in [6.07, 6.45) is -0.335. The maximum atomic E-state index is 13.1. The number of amides is 1. The van der Waals surface area contributed by atoms with Crippen LogP contribution in [0.3, 0.4) is 0 Å². The maximum Gasteiger partial charge on any atom is 0.289 e. The van der Waals surface area contributed by atoms with Crippen LogP contribution in [-0.4, -0.2) is 57.6 Å². The van der Waals surface area contributed by atoms with E-state index in [2.05, 4.69) is 41.5 Å². The van der Waals surface area contributed by atoms with Crippen LogP contribution >= 0.6 is 0 Å². The van der Waals surface area contributed by atoms with Gasteiger partial charge in [-0.05, 0) is 57.3 Å². The van der Waals surface area contributed by atoms with Crippen LogP contribution in [-0.2, 0) is 9.53 Å². The number of anilines is 3. The summed E-state index contributed by atoms with van der Waals surface area (Å²) in [7, 11) is 1.88. The first-order valence-electron chi connectivity index (χ1n) is 10.5. The van der Waals surface area contributed by atoms with Crippen molar-refractivity contribution in [2.75, 3.05) is 48.3 Å². The molecular formula is C23H30N4O3. The number of nitrogens with zero attached hydrogens (tertiary/aromatic N) is 2. The Kier molecular flexibility index (Phi) is 6.11. The Morgan fingerprint density at radius 1 is 1.03 bits per heavy atom.